The Balaban J connectivity index is 2.74. The molecule has 1 aromatic carbocycles. The van der Waals surface area contributed by atoms with E-state index in [0.29, 0.717) is 4.90 Å². The Morgan fingerprint density at radius 1 is 1.33 bits per heavy atom. The maximum atomic E-state index is 11.2. The first kappa shape index (κ1) is 15.0. The van der Waals surface area contributed by atoms with Crippen LogP contribution in [0, 0.1) is 0 Å². The fraction of sp³-hybridized carbons (Fsp3) is 0.364. The molecule has 0 saturated carbocycles. The molecule has 7 heteroatoms. The van der Waals surface area contributed by atoms with Crippen molar-refractivity contribution >= 4 is 27.6 Å². The Labute approximate surface area is 110 Å². The largest absolute Gasteiger partial charge is 0.479 e. The first-order valence-corrected chi connectivity index (χ1v) is 7.89. The SMILES string of the molecule is CC(O)(CSc1ccc(S(C)(=O)=O)cc1)C(=O)O. The minimum atomic E-state index is -3.23. The minimum absolute atomic E-state index is 0.0133. The minimum Gasteiger partial charge on any atom is -0.479 e. The molecule has 0 fully saturated rings. The Kier molecular flexibility index (Phi) is 4.41. The number of hydrogen-bond donors (Lipinski definition) is 2. The number of sulfone groups is 1. The molecule has 18 heavy (non-hydrogen) atoms. The smallest absolute Gasteiger partial charge is 0.336 e. The van der Waals surface area contributed by atoms with Crippen molar-refractivity contribution in [3.63, 3.8) is 0 Å². The van der Waals surface area contributed by atoms with Crippen LogP contribution in [-0.4, -0.2) is 42.2 Å². The lowest BCUT2D eigenvalue weighted by Gasteiger charge is -2.16. The molecule has 5 nitrogen and oxygen atoms in total. The highest BCUT2D eigenvalue weighted by Gasteiger charge is 2.29. The quantitative estimate of drug-likeness (QED) is 0.787. The Hall–Kier alpha value is -1.05. The number of thioether (sulfide) groups is 1. The molecule has 0 aliphatic rings. The number of hydrogen-bond acceptors (Lipinski definition) is 5. The summed E-state index contributed by atoms with van der Waals surface area (Å²) in [5.41, 5.74) is -1.81. The summed E-state index contributed by atoms with van der Waals surface area (Å²) < 4.78 is 22.5. The molecular formula is C11H14O5S2. The molecule has 0 heterocycles. The predicted octanol–water partition coefficient (Wildman–Crippen LogP) is 1.02. The van der Waals surface area contributed by atoms with Crippen LogP contribution < -0.4 is 0 Å². The normalized spacial score (nSPS) is 15.1. The third-order valence-electron chi connectivity index (χ3n) is 2.23. The fourth-order valence-corrected chi connectivity index (χ4v) is 2.60. The third-order valence-corrected chi connectivity index (χ3v) is 4.67. The van der Waals surface area contributed by atoms with Gasteiger partial charge in [-0.3, -0.25) is 0 Å². The van der Waals surface area contributed by atoms with E-state index >= 15 is 0 Å². The van der Waals surface area contributed by atoms with Gasteiger partial charge in [-0.1, -0.05) is 0 Å². The van der Waals surface area contributed by atoms with Gasteiger partial charge in [0.05, 0.1) is 4.90 Å². The molecule has 1 unspecified atom stereocenters. The van der Waals surface area contributed by atoms with Gasteiger partial charge in [-0.2, -0.15) is 0 Å². The maximum absolute atomic E-state index is 11.2. The van der Waals surface area contributed by atoms with Crippen LogP contribution in [0.1, 0.15) is 6.92 Å². The summed E-state index contributed by atoms with van der Waals surface area (Å²) in [4.78, 5) is 11.6. The molecule has 0 saturated heterocycles. The average Bonchev–Trinajstić information content (AvgIpc) is 2.25. The van der Waals surface area contributed by atoms with Crippen molar-refractivity contribution in [2.75, 3.05) is 12.0 Å². The first-order chi connectivity index (χ1) is 8.13. The summed E-state index contributed by atoms with van der Waals surface area (Å²) in [6, 6.07) is 6.07. The molecule has 0 aromatic heterocycles. The number of aliphatic carboxylic acids is 1. The Bertz CT molecular complexity index is 531. The Morgan fingerprint density at radius 2 is 1.83 bits per heavy atom. The lowest BCUT2D eigenvalue weighted by molar-refractivity contribution is -0.154. The zero-order valence-electron chi connectivity index (χ0n) is 9.95. The van der Waals surface area contributed by atoms with Crippen LogP contribution in [0.25, 0.3) is 0 Å². The summed E-state index contributed by atoms with van der Waals surface area (Å²) in [5, 5.41) is 18.2. The fourth-order valence-electron chi connectivity index (χ4n) is 1.07. The van der Waals surface area contributed by atoms with Gasteiger partial charge in [-0.25, -0.2) is 13.2 Å². The summed E-state index contributed by atoms with van der Waals surface area (Å²) in [6.07, 6.45) is 1.12. The molecule has 0 aliphatic carbocycles. The van der Waals surface area contributed by atoms with E-state index in [4.69, 9.17) is 5.11 Å². The van der Waals surface area contributed by atoms with Crippen molar-refractivity contribution in [1.29, 1.82) is 0 Å². The van der Waals surface area contributed by atoms with Crippen molar-refractivity contribution in [3.05, 3.63) is 24.3 Å². The van der Waals surface area contributed by atoms with Crippen LogP contribution in [0.2, 0.25) is 0 Å². The lowest BCUT2D eigenvalue weighted by atomic mass is 10.1. The topological polar surface area (TPSA) is 91.7 Å². The number of aliphatic hydroxyl groups is 1. The number of benzene rings is 1. The van der Waals surface area contributed by atoms with Gasteiger partial charge < -0.3 is 10.2 Å². The molecule has 0 bridgehead atoms. The van der Waals surface area contributed by atoms with Gasteiger partial charge in [0.2, 0.25) is 0 Å². The monoisotopic (exact) mass is 290 g/mol. The van der Waals surface area contributed by atoms with Gasteiger partial charge in [0.1, 0.15) is 0 Å². The second-order valence-electron chi connectivity index (χ2n) is 4.11. The van der Waals surface area contributed by atoms with E-state index in [9.17, 15) is 18.3 Å². The van der Waals surface area contributed by atoms with E-state index in [1.54, 1.807) is 12.1 Å². The molecule has 0 amide bonds. The second kappa shape index (κ2) is 5.29. The third kappa shape index (κ3) is 4.01. The summed E-state index contributed by atoms with van der Waals surface area (Å²) in [5.74, 6) is -1.30. The van der Waals surface area contributed by atoms with E-state index in [2.05, 4.69) is 0 Å². The summed E-state index contributed by atoms with van der Waals surface area (Å²) >= 11 is 1.15. The Morgan fingerprint density at radius 3 is 2.22 bits per heavy atom. The van der Waals surface area contributed by atoms with E-state index < -0.39 is 21.4 Å². The van der Waals surface area contributed by atoms with E-state index in [-0.39, 0.29) is 10.6 Å². The molecule has 0 aliphatic heterocycles. The average molecular weight is 290 g/mol. The van der Waals surface area contributed by atoms with Crippen molar-refractivity contribution < 1.29 is 23.4 Å². The van der Waals surface area contributed by atoms with E-state index in [0.717, 1.165) is 18.0 Å². The van der Waals surface area contributed by atoms with Gasteiger partial charge in [0.15, 0.2) is 15.4 Å². The van der Waals surface area contributed by atoms with Gasteiger partial charge in [0, 0.05) is 16.9 Å². The molecule has 1 aromatic rings. The van der Waals surface area contributed by atoms with Crippen LogP contribution >= 0.6 is 11.8 Å². The first-order valence-electron chi connectivity index (χ1n) is 5.01. The zero-order valence-corrected chi connectivity index (χ0v) is 11.6. The number of carboxylic acid groups (broad SMARTS) is 1. The number of carbonyl (C=O) groups is 1. The summed E-state index contributed by atoms with van der Waals surface area (Å²) in [7, 11) is -3.23. The standard InChI is InChI=1S/C11H14O5S2/c1-11(14,10(12)13)7-17-8-3-5-9(6-4-8)18(2,15)16/h3-6,14H,7H2,1-2H3,(H,12,13). The molecule has 0 radical (unpaired) electrons. The highest BCUT2D eigenvalue weighted by atomic mass is 32.2. The van der Waals surface area contributed by atoms with E-state index in [1.807, 2.05) is 0 Å². The predicted molar refractivity (Wildman–Crippen MR) is 68.5 cm³/mol. The van der Waals surface area contributed by atoms with Gasteiger partial charge in [-0.05, 0) is 31.2 Å². The van der Waals surface area contributed by atoms with Crippen molar-refractivity contribution in [2.45, 2.75) is 22.3 Å². The molecular weight excluding hydrogens is 276 g/mol. The molecule has 0 spiro atoms. The molecule has 1 atom stereocenters. The summed E-state index contributed by atoms with van der Waals surface area (Å²) in [6.45, 7) is 1.22. The van der Waals surface area contributed by atoms with Gasteiger partial charge in [0.25, 0.3) is 0 Å². The van der Waals surface area contributed by atoms with Crippen LogP contribution in [-0.2, 0) is 14.6 Å². The maximum Gasteiger partial charge on any atom is 0.336 e. The van der Waals surface area contributed by atoms with Gasteiger partial charge >= 0.3 is 5.97 Å². The highest BCUT2D eigenvalue weighted by molar-refractivity contribution is 7.99. The van der Waals surface area contributed by atoms with Crippen molar-refractivity contribution in [1.82, 2.24) is 0 Å². The molecule has 100 valence electrons. The van der Waals surface area contributed by atoms with Crippen LogP contribution in [0.15, 0.2) is 34.1 Å². The van der Waals surface area contributed by atoms with Gasteiger partial charge in [-0.15, -0.1) is 11.8 Å². The lowest BCUT2D eigenvalue weighted by Crippen LogP contribution is -2.37. The number of carboxylic acids is 1. The van der Waals surface area contributed by atoms with Crippen LogP contribution in [0.5, 0.6) is 0 Å². The number of rotatable bonds is 5. The van der Waals surface area contributed by atoms with E-state index in [1.165, 1.54) is 19.1 Å². The van der Waals surface area contributed by atoms with Crippen LogP contribution in [0.4, 0.5) is 0 Å². The second-order valence-corrected chi connectivity index (χ2v) is 7.18. The molecule has 1 rings (SSSR count). The highest BCUT2D eigenvalue weighted by Crippen LogP contribution is 2.24. The zero-order chi connectivity index (χ0) is 14.0. The van der Waals surface area contributed by atoms with Crippen molar-refractivity contribution in [3.8, 4) is 0 Å². The molecule has 2 N–H and O–H groups in total. The van der Waals surface area contributed by atoms with Crippen molar-refractivity contribution in [2.24, 2.45) is 0 Å². The van der Waals surface area contributed by atoms with Crippen LogP contribution in [0.3, 0.4) is 0 Å².